The molecule has 16 nitrogen and oxygen atoms in total. The smallest absolute Gasteiger partial charge is 0.317 e. The number of carboxylic acids is 1. The maximum Gasteiger partial charge on any atom is 0.317 e. The van der Waals surface area contributed by atoms with Crippen LogP contribution in [0.15, 0.2) is 24.0 Å². The molecular weight excluding hydrogens is 544 g/mol. The van der Waals surface area contributed by atoms with E-state index in [9.17, 15) is 55.5 Å². The van der Waals surface area contributed by atoms with Crippen LogP contribution in [0.4, 0.5) is 0 Å². The number of hydrogen-bond donors (Lipinski definition) is 10. The molecule has 1 fully saturated rings. The van der Waals surface area contributed by atoms with Crippen molar-refractivity contribution in [2.24, 2.45) is 0 Å². The summed E-state index contributed by atoms with van der Waals surface area (Å²) < 4.78 is 20.3. The summed E-state index contributed by atoms with van der Waals surface area (Å²) in [7, 11) is 0. The van der Waals surface area contributed by atoms with E-state index in [1.165, 1.54) is 0 Å². The Kier molecular flexibility index (Phi) is 7.70. The summed E-state index contributed by atoms with van der Waals surface area (Å²) in [5, 5.41) is 99.8. The van der Waals surface area contributed by atoms with Crippen LogP contribution in [-0.2, 0) is 23.8 Å². The molecule has 0 bridgehead atoms. The van der Waals surface area contributed by atoms with Crippen LogP contribution in [0, 0.1) is 0 Å². The van der Waals surface area contributed by atoms with Crippen molar-refractivity contribution in [1.29, 1.82) is 0 Å². The van der Waals surface area contributed by atoms with Crippen molar-refractivity contribution in [3.8, 4) is 40.2 Å². The van der Waals surface area contributed by atoms with Crippen LogP contribution < -0.4 is 0 Å². The Morgan fingerprint density at radius 3 is 2.10 bits per heavy atom. The number of fused-ring (bicyclic) bond motifs is 1. The average Bonchev–Trinajstić information content (AvgIpc) is 2.89. The molecule has 6 atom stereocenters. The molecule has 4 rings (SSSR count). The van der Waals surface area contributed by atoms with Gasteiger partial charge in [-0.05, 0) is 12.1 Å². The van der Waals surface area contributed by atoms with E-state index >= 15 is 0 Å². The van der Waals surface area contributed by atoms with Gasteiger partial charge in [-0.3, -0.25) is 9.59 Å². The van der Waals surface area contributed by atoms with Gasteiger partial charge >= 0.3 is 11.9 Å². The van der Waals surface area contributed by atoms with Crippen LogP contribution in [0.1, 0.15) is 23.7 Å². The highest BCUT2D eigenvalue weighted by Gasteiger charge is 2.47. The number of rotatable bonds is 7. The van der Waals surface area contributed by atoms with Crippen molar-refractivity contribution < 1.29 is 79.6 Å². The molecule has 216 valence electrons. The summed E-state index contributed by atoms with van der Waals surface area (Å²) in [6.45, 7) is -0.736. The monoisotopic (exact) mass is 569 g/mol. The number of aliphatic carboxylic acids is 1. The third-order valence-corrected chi connectivity index (χ3v) is 6.13. The van der Waals surface area contributed by atoms with E-state index in [2.05, 4.69) is 4.74 Å². The molecule has 1 unspecified atom stereocenters. The zero-order valence-electron chi connectivity index (χ0n) is 20.1. The van der Waals surface area contributed by atoms with E-state index in [4.69, 9.17) is 19.3 Å². The maximum atomic E-state index is 11.6. The highest BCUT2D eigenvalue weighted by atomic mass is 16.7. The van der Waals surface area contributed by atoms with Crippen LogP contribution in [0.3, 0.4) is 0 Å². The fourth-order valence-electron chi connectivity index (χ4n) is 4.07. The molecule has 16 heteroatoms. The predicted molar refractivity (Wildman–Crippen MR) is 126 cm³/mol. The van der Waals surface area contributed by atoms with Crippen molar-refractivity contribution in [3.05, 3.63) is 35.1 Å². The lowest BCUT2D eigenvalue weighted by Crippen LogP contribution is -2.59. The topological polar surface area (TPSA) is 277 Å². The maximum absolute atomic E-state index is 11.6. The van der Waals surface area contributed by atoms with Gasteiger partial charge in [-0.15, -0.1) is 0 Å². The van der Waals surface area contributed by atoms with E-state index in [-0.39, 0.29) is 22.6 Å². The Balaban J connectivity index is 1.68. The number of aliphatic hydroxyl groups is 4. The predicted octanol–water partition coefficient (Wildman–Crippen LogP) is -0.901. The van der Waals surface area contributed by atoms with Crippen molar-refractivity contribution in [2.75, 3.05) is 6.61 Å². The molecule has 2 aromatic rings. The quantitative estimate of drug-likeness (QED) is 0.0636. The fourth-order valence-corrected chi connectivity index (χ4v) is 4.07. The molecule has 40 heavy (non-hydrogen) atoms. The number of carboxylic acid groups (broad SMARTS) is 1. The number of aliphatic hydroxyl groups excluding tert-OH is 3. The first-order valence-electron chi connectivity index (χ1n) is 11.5. The van der Waals surface area contributed by atoms with Gasteiger partial charge in [-0.25, -0.2) is 0 Å². The largest absolute Gasteiger partial charge is 0.571 e. The third kappa shape index (κ3) is 5.41. The molecule has 0 radical (unpaired) electrons. The SMILES string of the molecule is O=C(O)CC(=O)OC[C@H]1O[C@@H](OC2=Cc3c(cc(O)c(O)c3O)[OH+]C2c2cc(O)c(O)c(O)c2)[C@@H](O)[C@@H](O)[C@@H]1O. The minimum absolute atomic E-state index is 0.0122. The molecule has 2 heterocycles. The number of hydrogen-bond acceptors (Lipinski definition) is 14. The molecule has 0 spiro atoms. The molecule has 0 amide bonds. The van der Waals surface area contributed by atoms with Crippen molar-refractivity contribution in [3.63, 3.8) is 0 Å². The summed E-state index contributed by atoms with van der Waals surface area (Å²) in [5.41, 5.74) is -0.180. The van der Waals surface area contributed by atoms with Gasteiger partial charge < -0.3 is 70.0 Å². The Morgan fingerprint density at radius 2 is 1.48 bits per heavy atom. The van der Waals surface area contributed by atoms with Crippen molar-refractivity contribution in [2.45, 2.75) is 43.2 Å². The number of ether oxygens (including phenoxy) is 4. The van der Waals surface area contributed by atoms with E-state index in [1.807, 2.05) is 0 Å². The Bertz CT molecular complexity index is 1330. The van der Waals surface area contributed by atoms with E-state index in [0.717, 1.165) is 24.3 Å². The molecule has 2 aromatic carbocycles. The van der Waals surface area contributed by atoms with E-state index in [1.54, 1.807) is 0 Å². The minimum Gasteiger partial charge on any atom is -0.571 e. The summed E-state index contributed by atoms with van der Waals surface area (Å²) in [4.78, 5) is 22.3. The number of esters is 1. The third-order valence-electron chi connectivity index (χ3n) is 6.13. The van der Waals surface area contributed by atoms with Gasteiger partial charge in [0, 0.05) is 6.08 Å². The average molecular weight is 569 g/mol. The molecule has 2 aliphatic heterocycles. The van der Waals surface area contributed by atoms with Gasteiger partial charge in [-0.2, -0.15) is 0 Å². The van der Waals surface area contributed by atoms with Crippen LogP contribution >= 0.6 is 0 Å². The number of phenols is 6. The lowest BCUT2D eigenvalue weighted by molar-refractivity contribution is -0.296. The standard InChI is InChI=1S/C24H24O16/c25-9-1-7(2-10(26)18(9)32)23-13(3-8-12(38-23)4-11(27)19(33)17(8)31)39-24-22(36)21(35)20(34)14(40-24)6-37-16(30)5-15(28)29/h1-4,14,20-27,31-36H,5-6H2,(H,28,29)/p+1/t14-,20-,21+,22+,23?,24-/m1/s1. The summed E-state index contributed by atoms with van der Waals surface area (Å²) in [5.74, 6) is -7.77. The summed E-state index contributed by atoms with van der Waals surface area (Å²) >= 11 is 0. The molecule has 1 saturated heterocycles. The van der Waals surface area contributed by atoms with Gasteiger partial charge in [0.1, 0.15) is 43.0 Å². The second-order valence-corrected chi connectivity index (χ2v) is 8.90. The summed E-state index contributed by atoms with van der Waals surface area (Å²) in [6.07, 6.45) is -10.1. The molecule has 0 saturated carbocycles. The zero-order valence-corrected chi connectivity index (χ0v) is 20.1. The molecule has 11 N–H and O–H groups in total. The Hall–Kier alpha value is -4.64. The summed E-state index contributed by atoms with van der Waals surface area (Å²) in [6, 6.07) is 3.01. The lowest BCUT2D eigenvalue weighted by atomic mass is 9.98. The normalized spacial score (nSPS) is 25.7. The van der Waals surface area contributed by atoms with Gasteiger partial charge in [0.2, 0.25) is 12.0 Å². The van der Waals surface area contributed by atoms with Crippen LogP contribution in [0.2, 0.25) is 0 Å². The van der Waals surface area contributed by atoms with Gasteiger partial charge in [0.15, 0.2) is 34.5 Å². The van der Waals surface area contributed by atoms with Gasteiger partial charge in [-0.1, -0.05) is 0 Å². The van der Waals surface area contributed by atoms with Crippen LogP contribution in [-0.4, -0.2) is 105 Å². The molecule has 2 aliphatic rings. The zero-order chi connectivity index (χ0) is 29.5. The first-order valence-corrected chi connectivity index (χ1v) is 11.5. The molecule has 0 aliphatic carbocycles. The number of benzene rings is 2. The fraction of sp³-hybridized carbons (Fsp3) is 0.333. The number of carbonyl (C=O) groups is 2. The van der Waals surface area contributed by atoms with Crippen molar-refractivity contribution >= 4 is 18.0 Å². The van der Waals surface area contributed by atoms with E-state index < -0.39 is 96.3 Å². The van der Waals surface area contributed by atoms with Crippen molar-refractivity contribution in [1.82, 2.24) is 0 Å². The van der Waals surface area contributed by atoms with Crippen LogP contribution in [0.25, 0.3) is 6.08 Å². The lowest BCUT2D eigenvalue weighted by Gasteiger charge is -2.40. The minimum atomic E-state index is -1.92. The van der Waals surface area contributed by atoms with E-state index in [0.29, 0.717) is 0 Å². The van der Waals surface area contributed by atoms with Crippen LogP contribution in [0.5, 0.6) is 40.2 Å². The van der Waals surface area contributed by atoms with Gasteiger partial charge in [0.05, 0.1) is 11.6 Å². The first-order chi connectivity index (χ1) is 18.8. The second-order valence-electron chi connectivity index (χ2n) is 8.90. The Morgan fingerprint density at radius 1 is 0.850 bits per heavy atom. The number of carbonyl (C=O) groups excluding carboxylic acids is 1. The highest BCUT2D eigenvalue weighted by molar-refractivity contribution is 5.90. The number of phenolic OH excluding ortho intramolecular Hbond substituents is 6. The molecular formula is C24H25O16+. The highest BCUT2D eigenvalue weighted by Crippen LogP contribution is 2.51. The van der Waals surface area contributed by atoms with Gasteiger partial charge in [0.25, 0.3) is 11.9 Å². The Labute approximate surface area is 223 Å². The second kappa shape index (κ2) is 10.9. The number of aromatic hydroxyl groups is 7. The molecule has 0 aromatic heterocycles. The first kappa shape index (κ1) is 28.4.